The molecule has 1 nitrogen and oxygen atoms in total. The summed E-state index contributed by atoms with van der Waals surface area (Å²) in [6, 6.07) is 12.8. The third-order valence-electron chi connectivity index (χ3n) is 3.51. The zero-order valence-electron chi connectivity index (χ0n) is 14.3. The van der Waals surface area contributed by atoms with Crippen LogP contribution in [0.15, 0.2) is 36.4 Å². The van der Waals surface area contributed by atoms with Crippen LogP contribution in [0.4, 0.5) is 0 Å². The Balaban J connectivity index is 0.000000211. The monoisotopic (exact) mass is 284 g/mol. The third-order valence-corrected chi connectivity index (χ3v) is 3.51. The van der Waals surface area contributed by atoms with Gasteiger partial charge in [-0.3, -0.25) is 0 Å². The first-order chi connectivity index (χ1) is 9.97. The summed E-state index contributed by atoms with van der Waals surface area (Å²) < 4.78 is 5.39. The highest BCUT2D eigenvalue weighted by Crippen LogP contribution is 2.18. The van der Waals surface area contributed by atoms with Crippen molar-refractivity contribution < 1.29 is 4.74 Å². The van der Waals surface area contributed by atoms with Crippen molar-refractivity contribution >= 4 is 0 Å². The van der Waals surface area contributed by atoms with Gasteiger partial charge in [0.15, 0.2) is 0 Å². The first kappa shape index (κ1) is 17.3. The molecule has 2 aromatic carbocycles. The highest BCUT2D eigenvalue weighted by molar-refractivity contribution is 5.35. The van der Waals surface area contributed by atoms with Crippen molar-refractivity contribution in [1.29, 1.82) is 0 Å². The van der Waals surface area contributed by atoms with Gasteiger partial charge in [-0.15, -0.1) is 0 Å². The van der Waals surface area contributed by atoms with Gasteiger partial charge in [0.05, 0.1) is 6.61 Å². The van der Waals surface area contributed by atoms with E-state index in [9.17, 15) is 0 Å². The lowest BCUT2D eigenvalue weighted by Crippen LogP contribution is -1.93. The molecule has 0 aliphatic carbocycles. The van der Waals surface area contributed by atoms with E-state index in [0.29, 0.717) is 0 Å². The summed E-state index contributed by atoms with van der Waals surface area (Å²) in [4.78, 5) is 0. The summed E-state index contributed by atoms with van der Waals surface area (Å²) in [7, 11) is 0. The lowest BCUT2D eigenvalue weighted by atomic mass is 10.0. The quantitative estimate of drug-likeness (QED) is 0.716. The average molecular weight is 284 g/mol. The zero-order chi connectivity index (χ0) is 15.8. The smallest absolute Gasteiger partial charge is 0.122 e. The largest absolute Gasteiger partial charge is 0.494 e. The molecular weight excluding hydrogens is 256 g/mol. The van der Waals surface area contributed by atoms with Gasteiger partial charge in [-0.25, -0.2) is 0 Å². The van der Waals surface area contributed by atoms with Crippen LogP contribution in [0.3, 0.4) is 0 Å². The fourth-order valence-corrected chi connectivity index (χ4v) is 2.36. The maximum absolute atomic E-state index is 5.39. The first-order valence-electron chi connectivity index (χ1n) is 7.74. The van der Waals surface area contributed by atoms with Gasteiger partial charge < -0.3 is 4.74 Å². The number of ether oxygens (including phenoxy) is 1. The topological polar surface area (TPSA) is 9.23 Å². The molecule has 2 rings (SSSR count). The molecule has 0 saturated heterocycles. The van der Waals surface area contributed by atoms with Crippen molar-refractivity contribution in [3.05, 3.63) is 64.2 Å². The Bertz CT molecular complexity index is 570. The van der Waals surface area contributed by atoms with Gasteiger partial charge in [0, 0.05) is 0 Å². The summed E-state index contributed by atoms with van der Waals surface area (Å²) in [5, 5.41) is 0. The minimum atomic E-state index is 0.740. The van der Waals surface area contributed by atoms with E-state index in [-0.39, 0.29) is 0 Å². The fraction of sp³-hybridized carbons (Fsp3) is 0.400. The zero-order valence-corrected chi connectivity index (χ0v) is 14.3. The van der Waals surface area contributed by atoms with E-state index in [1.165, 1.54) is 27.8 Å². The first-order valence-corrected chi connectivity index (χ1v) is 7.74. The summed E-state index contributed by atoms with van der Waals surface area (Å²) >= 11 is 0. The Labute approximate surface area is 130 Å². The molecule has 0 N–H and O–H groups in total. The van der Waals surface area contributed by atoms with E-state index < -0.39 is 0 Å². The Hall–Kier alpha value is -1.76. The molecule has 0 radical (unpaired) electrons. The van der Waals surface area contributed by atoms with Gasteiger partial charge in [-0.05, 0) is 63.8 Å². The second-order valence-corrected chi connectivity index (χ2v) is 5.49. The van der Waals surface area contributed by atoms with Gasteiger partial charge in [0.2, 0.25) is 0 Å². The number of aryl methyl sites for hydroxylation is 5. The minimum Gasteiger partial charge on any atom is -0.494 e. The molecule has 0 aliphatic rings. The molecule has 0 bridgehead atoms. The molecule has 1 heteroatoms. The molecule has 0 atom stereocenters. The molecule has 0 spiro atoms. The maximum atomic E-state index is 5.39. The summed E-state index contributed by atoms with van der Waals surface area (Å²) in [5.74, 6) is 0.998. The van der Waals surface area contributed by atoms with Crippen LogP contribution >= 0.6 is 0 Å². The van der Waals surface area contributed by atoms with Crippen LogP contribution in [0.1, 0.15) is 41.7 Å². The van der Waals surface area contributed by atoms with Crippen LogP contribution in [-0.4, -0.2) is 6.61 Å². The average Bonchev–Trinajstić information content (AvgIpc) is 2.43. The normalized spacial score (nSPS) is 9.81. The van der Waals surface area contributed by atoms with Crippen molar-refractivity contribution in [2.45, 2.75) is 48.0 Å². The van der Waals surface area contributed by atoms with E-state index in [4.69, 9.17) is 4.74 Å². The standard InChI is InChI=1S/C10H14O.C10H14/c1-4-11-10-6-5-8(2)7-9(10)3;1-4-10-6-5-8(2)7-9(10)3/h5-7H,4H2,1-3H3;5-7H,4H2,1-3H3. The second kappa shape index (κ2) is 8.51. The Morgan fingerprint density at radius 3 is 1.81 bits per heavy atom. The van der Waals surface area contributed by atoms with E-state index in [2.05, 4.69) is 65.0 Å². The SMILES string of the molecule is CCOc1ccc(C)cc1C.CCc1ccc(C)cc1C. The lowest BCUT2D eigenvalue weighted by Gasteiger charge is -2.06. The van der Waals surface area contributed by atoms with Crippen LogP contribution in [0.5, 0.6) is 5.75 Å². The van der Waals surface area contributed by atoms with Gasteiger partial charge in [0.1, 0.15) is 5.75 Å². The maximum Gasteiger partial charge on any atom is 0.122 e. The van der Waals surface area contributed by atoms with Gasteiger partial charge in [0.25, 0.3) is 0 Å². The van der Waals surface area contributed by atoms with E-state index >= 15 is 0 Å². The second-order valence-electron chi connectivity index (χ2n) is 5.49. The van der Waals surface area contributed by atoms with Crippen molar-refractivity contribution in [2.75, 3.05) is 6.61 Å². The molecule has 0 heterocycles. The van der Waals surface area contributed by atoms with Crippen LogP contribution in [0.25, 0.3) is 0 Å². The molecule has 0 aliphatic heterocycles. The molecule has 114 valence electrons. The summed E-state index contributed by atoms with van der Waals surface area (Å²) in [6.07, 6.45) is 1.14. The van der Waals surface area contributed by atoms with Crippen molar-refractivity contribution in [1.82, 2.24) is 0 Å². The van der Waals surface area contributed by atoms with Crippen LogP contribution < -0.4 is 4.74 Å². The Morgan fingerprint density at radius 2 is 1.33 bits per heavy atom. The van der Waals surface area contributed by atoms with Gasteiger partial charge >= 0.3 is 0 Å². The number of rotatable bonds is 3. The van der Waals surface area contributed by atoms with Crippen molar-refractivity contribution in [3.63, 3.8) is 0 Å². The molecule has 0 fully saturated rings. The molecule has 0 amide bonds. The lowest BCUT2D eigenvalue weighted by molar-refractivity contribution is 0.338. The van der Waals surface area contributed by atoms with Crippen LogP contribution in [0, 0.1) is 27.7 Å². The summed E-state index contributed by atoms with van der Waals surface area (Å²) in [6.45, 7) is 13.4. The van der Waals surface area contributed by atoms with Crippen LogP contribution in [0.2, 0.25) is 0 Å². The highest BCUT2D eigenvalue weighted by atomic mass is 16.5. The predicted molar refractivity (Wildman–Crippen MR) is 92.4 cm³/mol. The number of hydrogen-bond acceptors (Lipinski definition) is 1. The molecule has 2 aromatic rings. The van der Waals surface area contributed by atoms with E-state index in [1.807, 2.05) is 13.0 Å². The molecule has 0 aromatic heterocycles. The molecule has 21 heavy (non-hydrogen) atoms. The predicted octanol–water partition coefficient (Wildman–Crippen LogP) is 5.57. The van der Waals surface area contributed by atoms with E-state index in [0.717, 1.165) is 18.8 Å². The number of hydrogen-bond donors (Lipinski definition) is 0. The van der Waals surface area contributed by atoms with E-state index in [1.54, 1.807) is 0 Å². The molecule has 0 unspecified atom stereocenters. The molecular formula is C20H28O. The Morgan fingerprint density at radius 1 is 0.762 bits per heavy atom. The molecule has 0 saturated carbocycles. The number of benzene rings is 2. The van der Waals surface area contributed by atoms with Crippen molar-refractivity contribution in [2.24, 2.45) is 0 Å². The minimum absolute atomic E-state index is 0.740. The third kappa shape index (κ3) is 5.63. The van der Waals surface area contributed by atoms with Gasteiger partial charge in [-0.1, -0.05) is 48.4 Å². The highest BCUT2D eigenvalue weighted by Gasteiger charge is 1.96. The van der Waals surface area contributed by atoms with Crippen LogP contribution in [-0.2, 0) is 6.42 Å². The fourth-order valence-electron chi connectivity index (χ4n) is 2.36. The van der Waals surface area contributed by atoms with Crippen molar-refractivity contribution in [3.8, 4) is 5.75 Å². The Kier molecular flexibility index (Phi) is 7.01. The summed E-state index contributed by atoms with van der Waals surface area (Å²) in [5.41, 5.74) is 6.74. The van der Waals surface area contributed by atoms with Gasteiger partial charge in [-0.2, -0.15) is 0 Å².